The van der Waals surface area contributed by atoms with Crippen molar-refractivity contribution in [3.63, 3.8) is 0 Å². The summed E-state index contributed by atoms with van der Waals surface area (Å²) in [5.41, 5.74) is 0. The van der Waals surface area contributed by atoms with Gasteiger partial charge in [0.2, 0.25) is 0 Å². The first-order valence-corrected chi connectivity index (χ1v) is 6.91. The molecule has 7 nitrogen and oxygen atoms in total. The molecule has 0 aromatic heterocycles. The van der Waals surface area contributed by atoms with Crippen LogP contribution in [0.15, 0.2) is 0 Å². The third kappa shape index (κ3) is 7.96. The molecule has 0 aliphatic carbocycles. The smallest absolute Gasteiger partial charge is 0.328 e. The number of hydrogen-bond acceptors (Lipinski definition) is 4. The van der Waals surface area contributed by atoms with Crippen molar-refractivity contribution in [2.75, 3.05) is 20.1 Å². The van der Waals surface area contributed by atoms with E-state index in [1.54, 1.807) is 0 Å². The van der Waals surface area contributed by atoms with Crippen LogP contribution in [0.5, 0.6) is 0 Å². The Morgan fingerprint density at radius 3 is 2.25 bits per heavy atom. The lowest BCUT2D eigenvalue weighted by Crippen LogP contribution is -2.51. The van der Waals surface area contributed by atoms with Crippen LogP contribution in [0.3, 0.4) is 0 Å². The topological polar surface area (TPSA) is 102 Å². The highest BCUT2D eigenvalue weighted by molar-refractivity contribution is 5.82. The van der Waals surface area contributed by atoms with Crippen molar-refractivity contribution in [2.45, 2.75) is 51.8 Å². The Hall–Kier alpha value is -1.34. The number of urea groups is 1. The first-order valence-electron chi connectivity index (χ1n) is 6.91. The minimum absolute atomic E-state index is 0.476. The van der Waals surface area contributed by atoms with Gasteiger partial charge in [0.15, 0.2) is 6.04 Å². The molecule has 4 N–H and O–H groups in total. The van der Waals surface area contributed by atoms with Crippen LogP contribution in [0.2, 0.25) is 0 Å². The fourth-order valence-corrected chi connectivity index (χ4v) is 1.53. The summed E-state index contributed by atoms with van der Waals surface area (Å²) in [5, 5.41) is 22.8. The molecule has 0 aliphatic heterocycles. The second-order valence-corrected chi connectivity index (χ2v) is 5.24. The molecule has 7 heteroatoms. The van der Waals surface area contributed by atoms with Crippen LogP contribution in [0.25, 0.3) is 0 Å². The number of hydrogen-bond donors (Lipinski definition) is 4. The molecule has 2 amide bonds. The van der Waals surface area contributed by atoms with Crippen molar-refractivity contribution >= 4 is 12.0 Å². The number of carboxylic acid groups (broad SMARTS) is 1. The van der Waals surface area contributed by atoms with E-state index in [0.717, 1.165) is 19.4 Å². The van der Waals surface area contributed by atoms with E-state index in [1.807, 2.05) is 7.05 Å². The fourth-order valence-electron chi connectivity index (χ4n) is 1.53. The molecular formula is C13H27N3O4. The van der Waals surface area contributed by atoms with Gasteiger partial charge in [-0.2, -0.15) is 0 Å². The fraction of sp³-hybridized carbons (Fsp3) is 0.846. The lowest BCUT2D eigenvalue weighted by molar-refractivity contribution is -0.141. The number of nitrogens with zero attached hydrogens (tertiary/aromatic N) is 1. The van der Waals surface area contributed by atoms with E-state index in [-0.39, 0.29) is 0 Å². The van der Waals surface area contributed by atoms with Gasteiger partial charge in [0.1, 0.15) is 0 Å². The maximum atomic E-state index is 11.5. The molecule has 118 valence electrons. The Balaban J connectivity index is 3.81. The lowest BCUT2D eigenvalue weighted by atomic mass is 10.2. The maximum Gasteiger partial charge on any atom is 0.328 e. The van der Waals surface area contributed by atoms with E-state index >= 15 is 0 Å². The molecule has 0 aromatic carbocycles. The molecule has 0 radical (unpaired) electrons. The number of carboxylic acids is 1. The number of rotatable bonds is 9. The Bertz CT molecular complexity index is 308. The number of carbonyl (C=O) groups is 2. The molecule has 0 aromatic rings. The number of aliphatic hydroxyl groups excluding tert-OH is 1. The van der Waals surface area contributed by atoms with Gasteiger partial charge in [0, 0.05) is 12.6 Å². The van der Waals surface area contributed by atoms with E-state index in [2.05, 4.69) is 29.4 Å². The number of aliphatic carboxylic acids is 1. The second kappa shape index (κ2) is 9.55. The SMILES string of the molecule is CC(O)C(NC(=O)NCCCCN(C)C(C)C)C(=O)O. The highest BCUT2D eigenvalue weighted by atomic mass is 16.4. The van der Waals surface area contributed by atoms with Gasteiger partial charge in [0.05, 0.1) is 6.10 Å². The van der Waals surface area contributed by atoms with Gasteiger partial charge in [0.25, 0.3) is 0 Å². The van der Waals surface area contributed by atoms with Crippen LogP contribution in [0, 0.1) is 0 Å². The minimum atomic E-state index is -1.29. The molecule has 0 fully saturated rings. The van der Waals surface area contributed by atoms with Gasteiger partial charge in [-0.1, -0.05) is 0 Å². The predicted octanol–water partition coefficient (Wildman–Crippen LogP) is 0.240. The summed E-state index contributed by atoms with van der Waals surface area (Å²) in [7, 11) is 2.05. The molecule has 0 heterocycles. The Morgan fingerprint density at radius 1 is 1.20 bits per heavy atom. The van der Waals surface area contributed by atoms with E-state index < -0.39 is 24.1 Å². The molecule has 0 saturated carbocycles. The Labute approximate surface area is 120 Å². The van der Waals surface area contributed by atoms with Crippen LogP contribution in [0.4, 0.5) is 4.79 Å². The number of amides is 2. The monoisotopic (exact) mass is 289 g/mol. The molecule has 0 saturated heterocycles. The number of unbranched alkanes of at least 4 members (excludes halogenated alkanes) is 1. The highest BCUT2D eigenvalue weighted by Crippen LogP contribution is 1.97. The number of nitrogens with one attached hydrogen (secondary N) is 2. The van der Waals surface area contributed by atoms with Gasteiger partial charge in [-0.15, -0.1) is 0 Å². The van der Waals surface area contributed by atoms with Crippen molar-refractivity contribution in [1.29, 1.82) is 0 Å². The minimum Gasteiger partial charge on any atom is -0.480 e. The molecule has 0 spiro atoms. The molecule has 2 atom stereocenters. The van der Waals surface area contributed by atoms with E-state index in [0.29, 0.717) is 12.6 Å². The lowest BCUT2D eigenvalue weighted by Gasteiger charge is -2.21. The van der Waals surface area contributed by atoms with Gasteiger partial charge < -0.3 is 25.7 Å². The van der Waals surface area contributed by atoms with Crippen LogP contribution >= 0.6 is 0 Å². The molecule has 2 unspecified atom stereocenters. The first kappa shape index (κ1) is 18.7. The zero-order valence-corrected chi connectivity index (χ0v) is 12.7. The van der Waals surface area contributed by atoms with E-state index in [4.69, 9.17) is 5.11 Å². The summed E-state index contributed by atoms with van der Waals surface area (Å²) in [4.78, 5) is 24.5. The Kier molecular flexibility index (Phi) is 8.91. The standard InChI is InChI=1S/C13H27N3O4/c1-9(2)16(4)8-6-5-7-14-13(20)15-11(10(3)17)12(18)19/h9-11,17H,5-8H2,1-4H3,(H,18,19)(H2,14,15,20). The second-order valence-electron chi connectivity index (χ2n) is 5.24. The van der Waals surface area contributed by atoms with Gasteiger partial charge in [-0.3, -0.25) is 0 Å². The van der Waals surface area contributed by atoms with Crippen molar-refractivity contribution < 1.29 is 19.8 Å². The van der Waals surface area contributed by atoms with Gasteiger partial charge in [-0.25, -0.2) is 9.59 Å². The molecule has 20 heavy (non-hydrogen) atoms. The zero-order valence-electron chi connectivity index (χ0n) is 12.7. The van der Waals surface area contributed by atoms with Gasteiger partial charge >= 0.3 is 12.0 Å². The maximum absolute atomic E-state index is 11.5. The van der Waals surface area contributed by atoms with E-state index in [9.17, 15) is 14.7 Å². The average molecular weight is 289 g/mol. The summed E-state index contributed by atoms with van der Waals surface area (Å²) in [6, 6.07) is -1.37. The molecule has 0 rings (SSSR count). The summed E-state index contributed by atoms with van der Waals surface area (Å²) in [5.74, 6) is -1.26. The predicted molar refractivity (Wildman–Crippen MR) is 76.6 cm³/mol. The van der Waals surface area contributed by atoms with E-state index in [1.165, 1.54) is 6.92 Å². The molecule has 0 bridgehead atoms. The van der Waals surface area contributed by atoms with Crippen molar-refractivity contribution in [1.82, 2.24) is 15.5 Å². The van der Waals surface area contributed by atoms with Crippen LogP contribution < -0.4 is 10.6 Å². The third-order valence-electron chi connectivity index (χ3n) is 3.14. The average Bonchev–Trinajstić information content (AvgIpc) is 2.34. The summed E-state index contributed by atoms with van der Waals surface area (Å²) in [6.07, 6.45) is 0.628. The largest absolute Gasteiger partial charge is 0.480 e. The molecule has 0 aliphatic rings. The third-order valence-corrected chi connectivity index (χ3v) is 3.14. The first-order chi connectivity index (χ1) is 9.25. The van der Waals surface area contributed by atoms with Crippen molar-refractivity contribution in [3.05, 3.63) is 0 Å². The van der Waals surface area contributed by atoms with Crippen LogP contribution in [-0.4, -0.2) is 65.4 Å². The zero-order chi connectivity index (χ0) is 15.7. The number of aliphatic hydroxyl groups is 1. The van der Waals surface area contributed by atoms with Crippen LogP contribution in [0.1, 0.15) is 33.6 Å². The van der Waals surface area contributed by atoms with Gasteiger partial charge in [-0.05, 0) is 47.2 Å². The molecular weight excluding hydrogens is 262 g/mol. The Morgan fingerprint density at radius 2 is 1.80 bits per heavy atom. The summed E-state index contributed by atoms with van der Waals surface area (Å²) >= 11 is 0. The summed E-state index contributed by atoms with van der Waals surface area (Å²) in [6.45, 7) is 6.98. The van der Waals surface area contributed by atoms with Crippen molar-refractivity contribution in [2.24, 2.45) is 0 Å². The van der Waals surface area contributed by atoms with Crippen LogP contribution in [-0.2, 0) is 4.79 Å². The highest BCUT2D eigenvalue weighted by Gasteiger charge is 2.24. The number of carbonyl (C=O) groups excluding carboxylic acids is 1. The van der Waals surface area contributed by atoms with Crippen molar-refractivity contribution in [3.8, 4) is 0 Å². The quantitative estimate of drug-likeness (QED) is 0.455. The summed E-state index contributed by atoms with van der Waals surface area (Å²) < 4.78 is 0. The normalized spacial score (nSPS) is 14.2.